The van der Waals surface area contributed by atoms with E-state index < -0.39 is 10.0 Å². The van der Waals surface area contributed by atoms with Crippen molar-refractivity contribution < 1.29 is 8.42 Å². The van der Waals surface area contributed by atoms with Gasteiger partial charge in [0.15, 0.2) is 0 Å². The van der Waals surface area contributed by atoms with E-state index in [2.05, 4.69) is 0 Å². The van der Waals surface area contributed by atoms with Crippen LogP contribution in [0.15, 0.2) is 48.5 Å². The topological polar surface area (TPSA) is 37.4 Å². The van der Waals surface area contributed by atoms with Gasteiger partial charge in [-0.05, 0) is 42.2 Å². The lowest BCUT2D eigenvalue weighted by Crippen LogP contribution is -2.32. The molecule has 2 aromatic carbocycles. The van der Waals surface area contributed by atoms with Crippen LogP contribution in [0.25, 0.3) is 0 Å². The van der Waals surface area contributed by atoms with Gasteiger partial charge in [-0.25, -0.2) is 8.42 Å². The number of sulfonamides is 1. The zero-order valence-electron chi connectivity index (χ0n) is 11.5. The SMILES string of the molecule is O=S(=O)(CCc1ccccc1)N1CCc2cc(Cl)ccc21. The van der Waals surface area contributed by atoms with Crippen molar-refractivity contribution in [3.05, 3.63) is 64.7 Å². The van der Waals surface area contributed by atoms with Gasteiger partial charge < -0.3 is 0 Å². The molecule has 1 heterocycles. The van der Waals surface area contributed by atoms with Gasteiger partial charge in [0.2, 0.25) is 10.0 Å². The normalized spacial score (nSPS) is 14.2. The summed E-state index contributed by atoms with van der Waals surface area (Å²) in [5, 5.41) is 0.650. The maximum absolute atomic E-state index is 12.5. The van der Waals surface area contributed by atoms with Crippen LogP contribution < -0.4 is 4.31 Å². The van der Waals surface area contributed by atoms with Crippen LogP contribution in [0.2, 0.25) is 5.02 Å². The Balaban J connectivity index is 1.78. The zero-order valence-corrected chi connectivity index (χ0v) is 13.1. The molecule has 0 saturated heterocycles. The van der Waals surface area contributed by atoms with E-state index in [0.717, 1.165) is 23.2 Å². The second-order valence-corrected chi connectivity index (χ2v) is 7.60. The summed E-state index contributed by atoms with van der Waals surface area (Å²) < 4.78 is 26.6. The molecule has 5 heteroatoms. The van der Waals surface area contributed by atoms with Gasteiger partial charge in [0.25, 0.3) is 0 Å². The quantitative estimate of drug-likeness (QED) is 0.866. The van der Waals surface area contributed by atoms with Gasteiger partial charge in [-0.15, -0.1) is 0 Å². The summed E-state index contributed by atoms with van der Waals surface area (Å²) in [6.07, 6.45) is 1.25. The van der Waals surface area contributed by atoms with E-state index in [0.29, 0.717) is 18.0 Å². The molecular weight excluding hydrogens is 306 g/mol. The van der Waals surface area contributed by atoms with E-state index >= 15 is 0 Å². The maximum atomic E-state index is 12.5. The van der Waals surface area contributed by atoms with Crippen LogP contribution in [0.5, 0.6) is 0 Å². The molecule has 0 aromatic heterocycles. The van der Waals surface area contributed by atoms with Crippen LogP contribution in [-0.4, -0.2) is 20.7 Å². The standard InChI is InChI=1S/C16H16ClNO2S/c17-15-6-7-16-14(12-15)8-10-18(16)21(19,20)11-9-13-4-2-1-3-5-13/h1-7,12H,8-11H2. The first kappa shape index (κ1) is 14.4. The summed E-state index contributed by atoms with van der Waals surface area (Å²) in [6.45, 7) is 0.507. The molecule has 0 saturated carbocycles. The molecule has 2 aromatic rings. The number of rotatable bonds is 4. The molecule has 0 spiro atoms. The second kappa shape index (κ2) is 5.70. The average molecular weight is 322 g/mol. The highest BCUT2D eigenvalue weighted by Crippen LogP contribution is 2.32. The van der Waals surface area contributed by atoms with Gasteiger partial charge in [-0.2, -0.15) is 0 Å². The van der Waals surface area contributed by atoms with Gasteiger partial charge in [-0.3, -0.25) is 4.31 Å². The van der Waals surface area contributed by atoms with E-state index in [1.54, 1.807) is 12.1 Å². The van der Waals surface area contributed by atoms with Crippen LogP contribution in [0.4, 0.5) is 5.69 Å². The van der Waals surface area contributed by atoms with Gasteiger partial charge in [0.1, 0.15) is 0 Å². The van der Waals surface area contributed by atoms with E-state index in [1.807, 2.05) is 36.4 Å². The lowest BCUT2D eigenvalue weighted by atomic mass is 10.2. The summed E-state index contributed by atoms with van der Waals surface area (Å²) in [5.74, 6) is 0.124. The Bertz CT molecular complexity index is 744. The summed E-state index contributed by atoms with van der Waals surface area (Å²) in [7, 11) is -3.29. The fourth-order valence-corrected chi connectivity index (χ4v) is 4.39. The minimum absolute atomic E-state index is 0.124. The van der Waals surface area contributed by atoms with Gasteiger partial charge in [0, 0.05) is 11.6 Å². The van der Waals surface area contributed by atoms with Gasteiger partial charge in [0.05, 0.1) is 11.4 Å². The van der Waals surface area contributed by atoms with Crippen LogP contribution in [-0.2, 0) is 22.9 Å². The molecule has 0 fully saturated rings. The Morgan fingerprint density at radius 3 is 2.62 bits per heavy atom. The highest BCUT2D eigenvalue weighted by molar-refractivity contribution is 7.92. The van der Waals surface area contributed by atoms with Crippen molar-refractivity contribution in [2.45, 2.75) is 12.8 Å². The highest BCUT2D eigenvalue weighted by Gasteiger charge is 2.29. The molecule has 1 aliphatic heterocycles. The Morgan fingerprint density at radius 1 is 1.10 bits per heavy atom. The maximum Gasteiger partial charge on any atom is 0.235 e. The van der Waals surface area contributed by atoms with E-state index in [9.17, 15) is 8.42 Å². The first-order valence-corrected chi connectivity index (χ1v) is 8.88. The molecule has 110 valence electrons. The molecule has 0 aliphatic carbocycles. The molecule has 0 unspecified atom stereocenters. The van der Waals surface area contributed by atoms with Crippen LogP contribution in [0, 0.1) is 0 Å². The van der Waals surface area contributed by atoms with E-state index in [1.165, 1.54) is 4.31 Å². The smallest absolute Gasteiger partial charge is 0.235 e. The molecule has 3 rings (SSSR count). The minimum atomic E-state index is -3.29. The Hall–Kier alpha value is -1.52. The largest absolute Gasteiger partial charge is 0.270 e. The number of fused-ring (bicyclic) bond motifs is 1. The number of hydrogen-bond donors (Lipinski definition) is 0. The van der Waals surface area contributed by atoms with Crippen LogP contribution in [0.3, 0.4) is 0 Å². The Labute approximate surface area is 130 Å². The molecular formula is C16H16ClNO2S. The third-order valence-corrected chi connectivity index (χ3v) is 5.73. The predicted octanol–water partition coefficient (Wildman–Crippen LogP) is 3.28. The number of anilines is 1. The van der Waals surface area contributed by atoms with Gasteiger partial charge >= 0.3 is 0 Å². The first-order chi connectivity index (χ1) is 10.1. The molecule has 0 amide bonds. The third kappa shape index (κ3) is 3.06. The average Bonchev–Trinajstić information content (AvgIpc) is 2.90. The summed E-state index contributed by atoms with van der Waals surface area (Å²) >= 11 is 5.96. The summed E-state index contributed by atoms with van der Waals surface area (Å²) in [5.41, 5.74) is 2.81. The number of nitrogens with zero attached hydrogens (tertiary/aromatic N) is 1. The molecule has 0 radical (unpaired) electrons. The minimum Gasteiger partial charge on any atom is -0.270 e. The van der Waals surface area contributed by atoms with E-state index in [4.69, 9.17) is 11.6 Å². The van der Waals surface area contributed by atoms with E-state index in [-0.39, 0.29) is 5.75 Å². The monoisotopic (exact) mass is 321 g/mol. The lowest BCUT2D eigenvalue weighted by Gasteiger charge is -2.19. The molecule has 3 nitrogen and oxygen atoms in total. The molecule has 0 atom stereocenters. The van der Waals surface area contributed by atoms with Gasteiger partial charge in [-0.1, -0.05) is 41.9 Å². The van der Waals surface area contributed by atoms with Crippen LogP contribution >= 0.6 is 11.6 Å². The number of benzene rings is 2. The van der Waals surface area contributed by atoms with Crippen molar-refractivity contribution in [2.24, 2.45) is 0 Å². The van der Waals surface area contributed by atoms with Crippen molar-refractivity contribution in [2.75, 3.05) is 16.6 Å². The first-order valence-electron chi connectivity index (χ1n) is 6.89. The lowest BCUT2D eigenvalue weighted by molar-refractivity contribution is 0.591. The van der Waals surface area contributed by atoms with Crippen molar-refractivity contribution in [3.8, 4) is 0 Å². The van der Waals surface area contributed by atoms with Crippen molar-refractivity contribution in [1.82, 2.24) is 0 Å². The predicted molar refractivity (Wildman–Crippen MR) is 86.4 cm³/mol. The Morgan fingerprint density at radius 2 is 1.86 bits per heavy atom. The van der Waals surface area contributed by atoms with Crippen molar-refractivity contribution >= 4 is 27.3 Å². The zero-order chi connectivity index (χ0) is 14.9. The van der Waals surface area contributed by atoms with Crippen molar-refractivity contribution in [1.29, 1.82) is 0 Å². The molecule has 0 N–H and O–H groups in total. The number of aryl methyl sites for hydroxylation is 1. The third-order valence-electron chi connectivity index (χ3n) is 3.72. The summed E-state index contributed by atoms with van der Waals surface area (Å²) in [4.78, 5) is 0. The number of halogens is 1. The van der Waals surface area contributed by atoms with Crippen LogP contribution in [0.1, 0.15) is 11.1 Å². The molecule has 0 bridgehead atoms. The fourth-order valence-electron chi connectivity index (χ4n) is 2.63. The molecule has 1 aliphatic rings. The van der Waals surface area contributed by atoms with Crippen molar-refractivity contribution in [3.63, 3.8) is 0 Å². The Kier molecular flexibility index (Phi) is 3.91. The second-order valence-electron chi connectivity index (χ2n) is 5.15. The fraction of sp³-hybridized carbons (Fsp3) is 0.250. The molecule has 21 heavy (non-hydrogen) atoms. The summed E-state index contributed by atoms with van der Waals surface area (Å²) in [6, 6.07) is 15.1. The highest BCUT2D eigenvalue weighted by atomic mass is 35.5. The number of hydrogen-bond acceptors (Lipinski definition) is 2.